The van der Waals surface area contributed by atoms with E-state index in [9.17, 15) is 34.8 Å². The van der Waals surface area contributed by atoms with E-state index in [0.717, 1.165) is 5.56 Å². The summed E-state index contributed by atoms with van der Waals surface area (Å²) in [5.41, 5.74) is 1.85. The second-order valence-corrected chi connectivity index (χ2v) is 15.3. The topological polar surface area (TPSA) is 198 Å². The van der Waals surface area contributed by atoms with Crippen LogP contribution in [0.5, 0.6) is 5.75 Å². The normalized spacial score (nSPS) is 33.1. The van der Waals surface area contributed by atoms with E-state index < -0.39 is 89.1 Å². The number of phenols is 1. The maximum Gasteiger partial charge on any atom is 0.302 e. The average molecular weight is 784 g/mol. The Bertz CT molecular complexity index is 2440. The summed E-state index contributed by atoms with van der Waals surface area (Å²) in [7, 11) is 1.45. The number of phenolic OH excluding ortho intramolecular Hbond substituents is 1. The number of fused-ring (bicyclic) bond motifs is 2. The first-order chi connectivity index (χ1) is 26.9. The number of ketones is 1. The van der Waals surface area contributed by atoms with Crippen LogP contribution in [0, 0.1) is 42.4 Å². The van der Waals surface area contributed by atoms with Crippen molar-refractivity contribution in [2.75, 3.05) is 12.4 Å². The highest BCUT2D eigenvalue weighted by atomic mass is 16.7. The molecule has 1 amide bonds. The summed E-state index contributed by atoms with van der Waals surface area (Å²) in [6.45, 7) is 13.1. The van der Waals surface area contributed by atoms with Gasteiger partial charge in [-0.1, -0.05) is 51.8 Å². The van der Waals surface area contributed by atoms with Gasteiger partial charge < -0.3 is 44.7 Å². The zero-order valence-corrected chi connectivity index (χ0v) is 33.4. The molecule has 1 aliphatic carbocycles. The number of imidazole rings is 1. The third kappa shape index (κ3) is 7.44. The van der Waals surface area contributed by atoms with E-state index in [1.807, 2.05) is 13.0 Å². The number of benzene rings is 1. The van der Waals surface area contributed by atoms with Crippen molar-refractivity contribution < 1.29 is 53.8 Å². The Kier molecular flexibility index (Phi) is 11.4. The van der Waals surface area contributed by atoms with Crippen LogP contribution in [0.2, 0.25) is 0 Å². The number of nitrogens with one attached hydrogen (secondary N) is 1. The molecule has 10 atom stereocenters. The molecule has 3 aromatic rings. The minimum Gasteiger partial charge on any atom is -0.505 e. The fourth-order valence-corrected chi connectivity index (χ4v) is 7.89. The zero-order chi connectivity index (χ0) is 41.7. The summed E-state index contributed by atoms with van der Waals surface area (Å²) >= 11 is 0. The number of allylic oxidation sites excluding steroid dienone is 2. The van der Waals surface area contributed by atoms with Crippen LogP contribution in [-0.4, -0.2) is 90.9 Å². The second-order valence-electron chi connectivity index (χ2n) is 15.3. The van der Waals surface area contributed by atoms with Gasteiger partial charge in [0.1, 0.15) is 28.5 Å². The fourth-order valence-electron chi connectivity index (χ4n) is 7.89. The lowest BCUT2D eigenvalue weighted by molar-refractivity contribution is -0.183. The Morgan fingerprint density at radius 2 is 1.75 bits per heavy atom. The number of aliphatic hydroxyl groups excluding tert-OH is 3. The number of pyridine rings is 1. The summed E-state index contributed by atoms with van der Waals surface area (Å²) in [6, 6.07) is 3.61. The fraction of sp³-hybridized carbons (Fsp3) is 0.442. The predicted octanol–water partition coefficient (Wildman–Crippen LogP) is 3.22. The van der Waals surface area contributed by atoms with Crippen molar-refractivity contribution >= 4 is 51.4 Å². The number of anilines is 1. The van der Waals surface area contributed by atoms with Crippen LogP contribution in [0.4, 0.5) is 5.69 Å². The number of carbonyl (C=O) groups is 3. The number of aromatic nitrogens is 2. The molecule has 2 aliphatic heterocycles. The molecule has 302 valence electrons. The van der Waals surface area contributed by atoms with E-state index in [1.54, 1.807) is 63.4 Å². The number of aliphatic hydroxyl groups is 3. The lowest BCUT2D eigenvalue weighted by Gasteiger charge is -2.38. The van der Waals surface area contributed by atoms with Crippen LogP contribution in [0.25, 0.3) is 28.0 Å². The Balaban J connectivity index is 1.59. The van der Waals surface area contributed by atoms with Gasteiger partial charge in [-0.25, -0.2) is 4.98 Å². The van der Waals surface area contributed by atoms with Gasteiger partial charge >= 0.3 is 5.97 Å². The summed E-state index contributed by atoms with van der Waals surface area (Å²) in [4.78, 5) is 45.5. The first-order valence-corrected chi connectivity index (χ1v) is 18.8. The van der Waals surface area contributed by atoms with Crippen molar-refractivity contribution in [2.24, 2.45) is 23.7 Å². The largest absolute Gasteiger partial charge is 0.505 e. The molecule has 6 rings (SSSR count). The Hall–Kier alpha value is -5.46. The van der Waals surface area contributed by atoms with Crippen molar-refractivity contribution in [3.8, 4) is 17.6 Å². The predicted molar refractivity (Wildman–Crippen MR) is 211 cm³/mol. The van der Waals surface area contributed by atoms with Gasteiger partial charge in [-0.3, -0.25) is 18.8 Å². The van der Waals surface area contributed by atoms with E-state index in [-0.39, 0.29) is 38.3 Å². The summed E-state index contributed by atoms with van der Waals surface area (Å²) in [5.74, 6) is -1.91. The van der Waals surface area contributed by atoms with Crippen molar-refractivity contribution in [3.05, 3.63) is 70.5 Å². The lowest BCUT2D eigenvalue weighted by atomic mass is 9.78. The molecule has 1 unspecified atom stereocenters. The van der Waals surface area contributed by atoms with E-state index in [0.29, 0.717) is 5.65 Å². The van der Waals surface area contributed by atoms with Gasteiger partial charge in [0, 0.05) is 61.6 Å². The smallest absolute Gasteiger partial charge is 0.302 e. The molecule has 1 aromatic carbocycles. The molecule has 1 fully saturated rings. The zero-order valence-electron chi connectivity index (χ0n) is 33.4. The van der Waals surface area contributed by atoms with Gasteiger partial charge in [0.15, 0.2) is 17.6 Å². The molecule has 0 radical (unpaired) electrons. The maximum atomic E-state index is 14.5. The quantitative estimate of drug-likeness (QED) is 0.145. The molecule has 1 saturated heterocycles. The maximum absolute atomic E-state index is 14.5. The first-order valence-electron chi connectivity index (χ1n) is 18.8. The van der Waals surface area contributed by atoms with Crippen LogP contribution >= 0.6 is 0 Å². The number of aromatic hydroxyl groups is 1. The molecule has 4 heterocycles. The number of hydrogen-bond acceptors (Lipinski definition) is 12. The van der Waals surface area contributed by atoms with Gasteiger partial charge in [0.05, 0.1) is 35.4 Å². The lowest BCUT2D eigenvalue weighted by Crippen LogP contribution is -2.46. The van der Waals surface area contributed by atoms with Crippen LogP contribution in [-0.2, 0) is 33.3 Å². The molecule has 14 nitrogen and oxygen atoms in total. The molecule has 5 N–H and O–H groups in total. The van der Waals surface area contributed by atoms with Crippen molar-refractivity contribution in [3.63, 3.8) is 0 Å². The molecule has 4 bridgehead atoms. The third-order valence-electron chi connectivity index (χ3n) is 11.3. The van der Waals surface area contributed by atoms with E-state index in [4.69, 9.17) is 23.9 Å². The van der Waals surface area contributed by atoms with Gasteiger partial charge in [-0.2, -0.15) is 0 Å². The van der Waals surface area contributed by atoms with Gasteiger partial charge in [-0.15, -0.1) is 0 Å². The molecule has 14 heteroatoms. The number of amides is 1. The first kappa shape index (κ1) is 41.2. The molecule has 0 saturated carbocycles. The van der Waals surface area contributed by atoms with E-state index in [1.165, 1.54) is 39.4 Å². The van der Waals surface area contributed by atoms with Crippen molar-refractivity contribution in [2.45, 2.75) is 91.7 Å². The molecule has 3 aliphatic rings. The third-order valence-corrected chi connectivity index (χ3v) is 11.3. The molecular weight excluding hydrogens is 734 g/mol. The Morgan fingerprint density at radius 1 is 1.04 bits per heavy atom. The Morgan fingerprint density at radius 3 is 2.44 bits per heavy atom. The minimum absolute atomic E-state index is 0.0220. The minimum atomic E-state index is -1.95. The van der Waals surface area contributed by atoms with Crippen LogP contribution < -0.4 is 15.8 Å². The highest BCUT2D eigenvalue weighted by Crippen LogP contribution is 2.37. The number of nitrogens with zero attached hydrogens (tertiary/aromatic N) is 2. The number of methoxy groups -OCH3 is 1. The van der Waals surface area contributed by atoms with Crippen molar-refractivity contribution in [1.82, 2.24) is 9.38 Å². The molecule has 0 spiro atoms. The second kappa shape index (κ2) is 15.8. The number of ether oxygens (including phenoxy) is 4. The number of aryl methyl sites for hydroxylation is 1. The van der Waals surface area contributed by atoms with Crippen molar-refractivity contribution in [1.29, 1.82) is 0 Å². The number of rotatable bonds is 2. The number of carbonyl (C=O) groups excluding carboxylic acids is 3. The molecular formula is C43H49N3O11. The van der Waals surface area contributed by atoms with E-state index >= 15 is 0 Å². The van der Waals surface area contributed by atoms with Gasteiger partial charge in [0.2, 0.25) is 5.78 Å². The summed E-state index contributed by atoms with van der Waals surface area (Å²) < 4.78 is 25.4. The standard InChI is InChI=1S/C43H49N3O11/c1-20-15-17-46-30(19-20)44-34-33-31-27(48)13-14-29-32(33)41(52)43(8,57-29)55-18-16-28(54-9)23(4)40(56-26(7)47)25(6)38(50)24(5)37(49)21(2)11-10-12-22(3)42(53)45-35(36(34)46)39(31)51/h10-12,15-19,21,23-25,28-29,37-38,40,48-51H,1-9H3,(H,45,53)/b11-10+,18-16+,22-12-/t21-,23+,24+,25+,28-,29?,37-,38+,40+,43-/m0/s1. The highest BCUT2D eigenvalue weighted by Gasteiger charge is 2.51. The monoisotopic (exact) mass is 783 g/mol. The van der Waals surface area contributed by atoms with Crippen LogP contribution in [0.3, 0.4) is 0 Å². The van der Waals surface area contributed by atoms with Gasteiger partial charge in [0.25, 0.3) is 11.7 Å². The number of esters is 1. The molecule has 2 aromatic heterocycles. The average Bonchev–Trinajstić information content (AvgIpc) is 3.61. The van der Waals surface area contributed by atoms with E-state index in [2.05, 4.69) is 17.2 Å². The number of hydrogen-bond donors (Lipinski definition) is 5. The Labute approximate surface area is 329 Å². The highest BCUT2D eigenvalue weighted by molar-refractivity contribution is 6.24. The molecule has 57 heavy (non-hydrogen) atoms. The number of Topliss-reactive ketones (excluding diaryl/α,β-unsaturated/α-hetero) is 1. The summed E-state index contributed by atoms with van der Waals surface area (Å²) in [5, 5.41) is 48.8. The van der Waals surface area contributed by atoms with Crippen LogP contribution in [0.15, 0.2) is 54.5 Å². The van der Waals surface area contributed by atoms with Gasteiger partial charge in [-0.05, 0) is 43.5 Å². The van der Waals surface area contributed by atoms with Crippen LogP contribution in [0.1, 0.15) is 54.0 Å². The summed E-state index contributed by atoms with van der Waals surface area (Å²) in [6.07, 6.45) is 4.32. The SMILES string of the molecule is CO[C@H]1/C=C/O[C@@]2(C)OC3C#CC(O)=c4c(O)c(c5c(nc6cc(C)ccn65)c4=C3C2=O)NC(=O)/C(C)=C\C=C\[C@H](C)[C@H](O)[C@@H](C)[C@@H](O)[C@@H](C)[C@H](OC(C)=O)[C@@H]1C.